The van der Waals surface area contributed by atoms with E-state index in [1.165, 1.54) is 0 Å². The number of hydrogen-bond donors (Lipinski definition) is 3. The summed E-state index contributed by atoms with van der Waals surface area (Å²) >= 11 is 0. The van der Waals surface area contributed by atoms with Gasteiger partial charge in [-0.15, -0.1) is 0 Å². The molecule has 10 heteroatoms. The van der Waals surface area contributed by atoms with Gasteiger partial charge in [-0.05, 0) is 65.5 Å². The number of nitrogens with one attached hydrogen (secondary N) is 2. The van der Waals surface area contributed by atoms with Crippen molar-refractivity contribution in [3.05, 3.63) is 41.8 Å². The van der Waals surface area contributed by atoms with Gasteiger partial charge in [0, 0.05) is 36.5 Å². The lowest BCUT2D eigenvalue weighted by molar-refractivity contribution is -0.131. The average Bonchev–Trinajstić information content (AvgIpc) is 3.33. The third-order valence-corrected chi connectivity index (χ3v) is 8.03. The van der Waals surface area contributed by atoms with Crippen LogP contribution in [-0.4, -0.2) is 67.2 Å². The Morgan fingerprint density at radius 1 is 1.19 bits per heavy atom. The number of Topliss-reactive ketones (excluding diaryl/α,β-unsaturated/α-hetero) is 1. The van der Waals surface area contributed by atoms with E-state index in [9.17, 15) is 9.90 Å². The van der Waals surface area contributed by atoms with E-state index in [4.69, 9.17) is 10.1 Å². The summed E-state index contributed by atoms with van der Waals surface area (Å²) in [6.07, 6.45) is 11.5. The standard InChI is InChI=1S/C27H35N7O3/c1-17(19-8-6-14-34(19)2)37-23-15-21(31-22-16-29-12-13-30-22)32-26(33-23)24(28)18-7-5-11-27(25(18)36)10-4-3-9-20(27)35/h12-13,15-17,19,28,36H,3-11,14H2,1-2H3,(H,30,31,32,33)/t17-,19-,27+/m0/s1. The van der Waals surface area contributed by atoms with Gasteiger partial charge in [0.2, 0.25) is 5.88 Å². The number of carbonyl (C=O) groups is 1. The molecule has 5 rings (SSSR count). The number of aromatic nitrogens is 4. The molecule has 196 valence electrons. The van der Waals surface area contributed by atoms with E-state index in [0.29, 0.717) is 48.8 Å². The number of likely N-dealkylation sites (tertiary alicyclic amines) is 1. The van der Waals surface area contributed by atoms with Crippen molar-refractivity contribution in [1.82, 2.24) is 24.8 Å². The molecule has 37 heavy (non-hydrogen) atoms. The lowest BCUT2D eigenvalue weighted by Crippen LogP contribution is -2.39. The first-order valence-corrected chi connectivity index (χ1v) is 13.2. The van der Waals surface area contributed by atoms with Crippen molar-refractivity contribution >= 4 is 23.1 Å². The maximum atomic E-state index is 12.9. The molecule has 0 bridgehead atoms. The van der Waals surface area contributed by atoms with E-state index in [2.05, 4.69) is 37.2 Å². The lowest BCUT2D eigenvalue weighted by Gasteiger charge is -2.39. The van der Waals surface area contributed by atoms with Gasteiger partial charge < -0.3 is 15.2 Å². The molecule has 3 aliphatic rings. The Kier molecular flexibility index (Phi) is 7.19. The summed E-state index contributed by atoms with van der Waals surface area (Å²) in [5, 5.41) is 23.5. The van der Waals surface area contributed by atoms with Gasteiger partial charge in [0.25, 0.3) is 0 Å². The molecular formula is C27H35N7O3. The zero-order valence-electron chi connectivity index (χ0n) is 21.5. The molecule has 3 atom stereocenters. The minimum absolute atomic E-state index is 0.0215. The summed E-state index contributed by atoms with van der Waals surface area (Å²) in [4.78, 5) is 32.7. The Morgan fingerprint density at radius 3 is 2.76 bits per heavy atom. The van der Waals surface area contributed by atoms with Crippen LogP contribution in [0.15, 0.2) is 36.0 Å². The van der Waals surface area contributed by atoms with Crippen molar-refractivity contribution < 1.29 is 14.6 Å². The van der Waals surface area contributed by atoms with Crippen LogP contribution in [-0.2, 0) is 4.79 Å². The molecular weight excluding hydrogens is 470 g/mol. The van der Waals surface area contributed by atoms with Gasteiger partial charge in [0.1, 0.15) is 35.0 Å². The number of ketones is 1. The fraction of sp³-hybridized carbons (Fsp3) is 0.556. The fourth-order valence-corrected chi connectivity index (χ4v) is 6.03. The van der Waals surface area contributed by atoms with Crippen molar-refractivity contribution in [2.75, 3.05) is 18.9 Å². The molecule has 1 spiro atoms. The van der Waals surface area contributed by atoms with Crippen LogP contribution in [0.4, 0.5) is 11.6 Å². The van der Waals surface area contributed by atoms with Gasteiger partial charge in [-0.1, -0.05) is 6.42 Å². The number of rotatable bonds is 7. The van der Waals surface area contributed by atoms with Crippen molar-refractivity contribution in [3.8, 4) is 5.88 Å². The summed E-state index contributed by atoms with van der Waals surface area (Å²) in [6.45, 7) is 3.06. The molecule has 3 heterocycles. The molecule has 0 amide bonds. The lowest BCUT2D eigenvalue weighted by atomic mass is 9.64. The van der Waals surface area contributed by atoms with Gasteiger partial charge in [0.15, 0.2) is 5.82 Å². The Labute approximate surface area is 217 Å². The molecule has 10 nitrogen and oxygen atoms in total. The molecule has 0 unspecified atom stereocenters. The van der Waals surface area contributed by atoms with E-state index in [1.807, 2.05) is 6.92 Å². The zero-order chi connectivity index (χ0) is 26.0. The molecule has 2 fully saturated rings. The van der Waals surface area contributed by atoms with E-state index >= 15 is 0 Å². The highest BCUT2D eigenvalue weighted by molar-refractivity contribution is 6.09. The quantitative estimate of drug-likeness (QED) is 0.468. The number of hydrogen-bond acceptors (Lipinski definition) is 10. The summed E-state index contributed by atoms with van der Waals surface area (Å²) in [6, 6.07) is 1.97. The van der Waals surface area contributed by atoms with Crippen molar-refractivity contribution in [2.24, 2.45) is 5.41 Å². The zero-order valence-corrected chi connectivity index (χ0v) is 21.5. The number of likely N-dealkylation sites (N-methyl/N-ethyl adjacent to an activating group) is 1. The monoisotopic (exact) mass is 505 g/mol. The van der Waals surface area contributed by atoms with Crippen LogP contribution in [0, 0.1) is 10.8 Å². The summed E-state index contributed by atoms with van der Waals surface area (Å²) < 4.78 is 6.28. The Balaban J connectivity index is 1.49. The first kappa shape index (κ1) is 25.3. The van der Waals surface area contributed by atoms with Crippen LogP contribution in [0.25, 0.3) is 0 Å². The maximum absolute atomic E-state index is 12.9. The number of carbonyl (C=O) groups excluding carboxylic acids is 1. The molecule has 2 aromatic heterocycles. The largest absolute Gasteiger partial charge is 0.511 e. The van der Waals surface area contributed by atoms with Gasteiger partial charge in [-0.3, -0.25) is 20.1 Å². The highest BCUT2D eigenvalue weighted by Crippen LogP contribution is 2.48. The van der Waals surface area contributed by atoms with E-state index < -0.39 is 5.41 Å². The molecule has 2 aliphatic carbocycles. The van der Waals surface area contributed by atoms with Crippen molar-refractivity contribution in [1.29, 1.82) is 5.41 Å². The predicted octanol–water partition coefficient (Wildman–Crippen LogP) is 4.37. The van der Waals surface area contributed by atoms with Crippen LogP contribution in [0.5, 0.6) is 5.88 Å². The van der Waals surface area contributed by atoms with Crippen molar-refractivity contribution in [2.45, 2.75) is 76.9 Å². The number of aliphatic hydroxyl groups is 1. The fourth-order valence-electron chi connectivity index (χ4n) is 6.03. The molecule has 2 aromatic rings. The normalized spacial score (nSPS) is 25.4. The minimum atomic E-state index is -0.867. The van der Waals surface area contributed by atoms with E-state index in [-0.39, 0.29) is 35.2 Å². The number of aliphatic hydroxyl groups excluding tert-OH is 1. The smallest absolute Gasteiger partial charge is 0.219 e. The van der Waals surface area contributed by atoms with E-state index in [0.717, 1.165) is 38.6 Å². The van der Waals surface area contributed by atoms with E-state index in [1.54, 1.807) is 24.7 Å². The van der Waals surface area contributed by atoms with Crippen LogP contribution in [0.1, 0.15) is 70.5 Å². The summed E-state index contributed by atoms with van der Waals surface area (Å²) in [5.41, 5.74) is -0.393. The number of allylic oxidation sites excluding steroid dienone is 2. The Hall–Kier alpha value is -3.40. The van der Waals surface area contributed by atoms with Crippen molar-refractivity contribution in [3.63, 3.8) is 0 Å². The van der Waals surface area contributed by atoms with Crippen LogP contribution >= 0.6 is 0 Å². The molecule has 0 aromatic carbocycles. The molecule has 3 N–H and O–H groups in total. The highest BCUT2D eigenvalue weighted by atomic mass is 16.5. The predicted molar refractivity (Wildman–Crippen MR) is 139 cm³/mol. The molecule has 1 saturated carbocycles. The third kappa shape index (κ3) is 5.07. The SMILES string of the molecule is C[C@H](Oc1cc(Nc2cnccn2)nc(C(=N)C2=C(O)[C@]3(CCCCC3=O)CCC2)n1)[C@@H]1CCCN1C. The third-order valence-electron chi connectivity index (χ3n) is 8.03. The average molecular weight is 506 g/mol. The first-order chi connectivity index (χ1) is 17.9. The van der Waals surface area contributed by atoms with Crippen LogP contribution < -0.4 is 10.1 Å². The molecule has 1 saturated heterocycles. The number of ether oxygens (including phenoxy) is 1. The summed E-state index contributed by atoms with van der Waals surface area (Å²) in [5.74, 6) is 1.51. The minimum Gasteiger partial charge on any atom is -0.511 e. The summed E-state index contributed by atoms with van der Waals surface area (Å²) in [7, 11) is 2.10. The number of anilines is 2. The van der Waals surface area contributed by atoms with Gasteiger partial charge in [0.05, 0.1) is 11.6 Å². The second-order valence-electron chi connectivity index (χ2n) is 10.4. The van der Waals surface area contributed by atoms with Crippen LogP contribution in [0.3, 0.4) is 0 Å². The second kappa shape index (κ2) is 10.5. The van der Waals surface area contributed by atoms with Gasteiger partial charge in [-0.2, -0.15) is 4.98 Å². The molecule has 1 aliphatic heterocycles. The highest BCUT2D eigenvalue weighted by Gasteiger charge is 2.47. The van der Waals surface area contributed by atoms with Gasteiger partial charge in [-0.25, -0.2) is 9.97 Å². The maximum Gasteiger partial charge on any atom is 0.219 e. The topological polar surface area (TPSA) is 137 Å². The van der Waals surface area contributed by atoms with Gasteiger partial charge >= 0.3 is 0 Å². The molecule has 0 radical (unpaired) electrons. The second-order valence-corrected chi connectivity index (χ2v) is 10.4. The number of nitrogens with zero attached hydrogens (tertiary/aromatic N) is 5. The first-order valence-electron chi connectivity index (χ1n) is 13.2. The van der Waals surface area contributed by atoms with Crippen LogP contribution in [0.2, 0.25) is 0 Å². The Bertz CT molecular complexity index is 1200. The Morgan fingerprint density at radius 2 is 2.03 bits per heavy atom.